The molecule has 162 valence electrons. The lowest BCUT2D eigenvalue weighted by atomic mass is 10.1. The largest absolute Gasteiger partial charge is 0.372 e. The number of amides is 1. The van der Waals surface area contributed by atoms with Gasteiger partial charge in [0.1, 0.15) is 6.54 Å². The first kappa shape index (κ1) is 23.9. The highest BCUT2D eigenvalue weighted by molar-refractivity contribution is 14.0. The van der Waals surface area contributed by atoms with E-state index in [-0.39, 0.29) is 42.5 Å². The lowest BCUT2D eigenvalue weighted by Gasteiger charge is -2.22. The van der Waals surface area contributed by atoms with Crippen LogP contribution in [0.4, 0.5) is 11.4 Å². The van der Waals surface area contributed by atoms with Crippen LogP contribution in [0, 0.1) is 0 Å². The van der Waals surface area contributed by atoms with Crippen molar-refractivity contribution in [2.45, 2.75) is 32.7 Å². The number of carbonyl (C=O) groups excluding carboxylic acids is 1. The van der Waals surface area contributed by atoms with Crippen LogP contribution in [0.3, 0.4) is 0 Å². The standard InChI is InChI=1S/C22H30N6O.HI/c1-3-24-22(25-16-21(29)27-19-9-7-11-23-15-19)26-17(2)18-8-6-10-20(14-18)28-12-4-5-13-28;/h6-11,14-15,17H,3-5,12-13,16H2,1-2H3,(H,27,29)(H2,24,25,26);1H. The summed E-state index contributed by atoms with van der Waals surface area (Å²) in [6, 6.07) is 12.3. The number of benzene rings is 1. The minimum Gasteiger partial charge on any atom is -0.372 e. The van der Waals surface area contributed by atoms with Gasteiger partial charge >= 0.3 is 0 Å². The first-order valence-corrected chi connectivity index (χ1v) is 10.3. The van der Waals surface area contributed by atoms with Gasteiger partial charge in [-0.1, -0.05) is 12.1 Å². The Labute approximate surface area is 195 Å². The second kappa shape index (κ2) is 12.4. The molecule has 0 saturated carbocycles. The number of rotatable bonds is 7. The van der Waals surface area contributed by atoms with E-state index in [1.807, 2.05) is 6.92 Å². The van der Waals surface area contributed by atoms with Gasteiger partial charge in [0.05, 0.1) is 17.9 Å². The number of halogens is 1. The third-order valence-corrected chi connectivity index (χ3v) is 4.86. The predicted molar refractivity (Wildman–Crippen MR) is 134 cm³/mol. The van der Waals surface area contributed by atoms with E-state index >= 15 is 0 Å². The maximum absolute atomic E-state index is 12.2. The van der Waals surface area contributed by atoms with E-state index in [9.17, 15) is 4.79 Å². The zero-order chi connectivity index (χ0) is 20.5. The number of pyridine rings is 1. The lowest BCUT2D eigenvalue weighted by Crippen LogP contribution is -2.39. The summed E-state index contributed by atoms with van der Waals surface area (Å²) in [5, 5.41) is 9.40. The molecule has 7 nitrogen and oxygen atoms in total. The molecule has 1 unspecified atom stereocenters. The van der Waals surface area contributed by atoms with E-state index in [0.717, 1.165) is 19.6 Å². The third-order valence-electron chi connectivity index (χ3n) is 4.86. The molecular formula is C22H31IN6O. The molecule has 0 bridgehead atoms. The minimum atomic E-state index is -0.182. The molecule has 1 aliphatic rings. The smallest absolute Gasteiger partial charge is 0.246 e. The van der Waals surface area contributed by atoms with Crippen LogP contribution in [0.25, 0.3) is 0 Å². The molecule has 1 atom stereocenters. The Kier molecular flexibility index (Phi) is 9.85. The molecule has 0 radical (unpaired) electrons. The van der Waals surface area contributed by atoms with Crippen molar-refractivity contribution in [2.24, 2.45) is 4.99 Å². The Hall–Kier alpha value is -2.36. The van der Waals surface area contributed by atoms with Gasteiger partial charge in [-0.25, -0.2) is 4.99 Å². The van der Waals surface area contributed by atoms with Gasteiger partial charge in [0, 0.05) is 31.5 Å². The van der Waals surface area contributed by atoms with Gasteiger partial charge in [0.2, 0.25) is 5.91 Å². The highest BCUT2D eigenvalue weighted by atomic mass is 127. The summed E-state index contributed by atoms with van der Waals surface area (Å²) in [4.78, 5) is 23.0. The van der Waals surface area contributed by atoms with Crippen LogP contribution in [0.2, 0.25) is 0 Å². The number of nitrogens with zero attached hydrogens (tertiary/aromatic N) is 3. The molecule has 1 aromatic carbocycles. The predicted octanol–water partition coefficient (Wildman–Crippen LogP) is 3.55. The molecule has 3 rings (SSSR count). The first-order valence-electron chi connectivity index (χ1n) is 10.3. The van der Waals surface area contributed by atoms with E-state index in [4.69, 9.17) is 0 Å². The molecule has 1 aliphatic heterocycles. The van der Waals surface area contributed by atoms with Gasteiger partial charge in [0.25, 0.3) is 0 Å². The molecule has 30 heavy (non-hydrogen) atoms. The number of nitrogens with one attached hydrogen (secondary N) is 3. The van der Waals surface area contributed by atoms with Gasteiger partial charge in [-0.15, -0.1) is 24.0 Å². The molecular weight excluding hydrogens is 491 g/mol. The van der Waals surface area contributed by atoms with Crippen molar-refractivity contribution in [2.75, 3.05) is 36.4 Å². The SMILES string of the molecule is CCNC(=NCC(=O)Nc1cccnc1)NC(C)c1cccc(N2CCCC2)c1.I. The van der Waals surface area contributed by atoms with Crippen LogP contribution in [0.5, 0.6) is 0 Å². The average Bonchev–Trinajstić information content (AvgIpc) is 3.28. The highest BCUT2D eigenvalue weighted by Gasteiger charge is 2.14. The van der Waals surface area contributed by atoms with Gasteiger partial charge in [-0.2, -0.15) is 0 Å². The van der Waals surface area contributed by atoms with Crippen molar-refractivity contribution in [3.8, 4) is 0 Å². The van der Waals surface area contributed by atoms with Crippen molar-refractivity contribution in [3.05, 3.63) is 54.4 Å². The number of aliphatic imine (C=N–C) groups is 1. The molecule has 0 spiro atoms. The molecule has 1 fully saturated rings. The van der Waals surface area contributed by atoms with Crippen LogP contribution >= 0.6 is 24.0 Å². The Morgan fingerprint density at radius 1 is 1.23 bits per heavy atom. The van der Waals surface area contributed by atoms with Crippen molar-refractivity contribution in [3.63, 3.8) is 0 Å². The Balaban J connectivity index is 0.00000320. The maximum atomic E-state index is 12.2. The fraction of sp³-hybridized carbons (Fsp3) is 0.409. The highest BCUT2D eigenvalue weighted by Crippen LogP contribution is 2.23. The number of hydrogen-bond donors (Lipinski definition) is 3. The molecule has 2 aromatic rings. The number of carbonyl (C=O) groups is 1. The van der Waals surface area contributed by atoms with E-state index in [1.165, 1.54) is 24.1 Å². The third kappa shape index (κ3) is 7.16. The van der Waals surface area contributed by atoms with Crippen molar-refractivity contribution in [1.82, 2.24) is 15.6 Å². The summed E-state index contributed by atoms with van der Waals surface area (Å²) in [6.45, 7) is 7.11. The summed E-state index contributed by atoms with van der Waals surface area (Å²) in [7, 11) is 0. The zero-order valence-corrected chi connectivity index (χ0v) is 19.9. The summed E-state index contributed by atoms with van der Waals surface area (Å²) >= 11 is 0. The molecule has 1 amide bonds. The fourth-order valence-corrected chi connectivity index (χ4v) is 3.36. The van der Waals surface area contributed by atoms with E-state index in [1.54, 1.807) is 24.5 Å². The second-order valence-electron chi connectivity index (χ2n) is 7.14. The van der Waals surface area contributed by atoms with E-state index < -0.39 is 0 Å². The second-order valence-corrected chi connectivity index (χ2v) is 7.14. The number of aromatic nitrogens is 1. The average molecular weight is 522 g/mol. The van der Waals surface area contributed by atoms with E-state index in [0.29, 0.717) is 11.6 Å². The minimum absolute atomic E-state index is 0. The molecule has 8 heteroatoms. The summed E-state index contributed by atoms with van der Waals surface area (Å²) in [5.74, 6) is 0.437. The summed E-state index contributed by atoms with van der Waals surface area (Å²) in [6.07, 6.45) is 5.80. The zero-order valence-electron chi connectivity index (χ0n) is 17.6. The van der Waals surface area contributed by atoms with Crippen LogP contribution in [-0.4, -0.2) is 43.0 Å². The lowest BCUT2D eigenvalue weighted by molar-refractivity contribution is -0.114. The maximum Gasteiger partial charge on any atom is 0.246 e. The van der Waals surface area contributed by atoms with E-state index in [2.05, 4.69) is 62.0 Å². The molecule has 0 aliphatic carbocycles. The van der Waals surface area contributed by atoms with Gasteiger partial charge in [-0.05, 0) is 56.5 Å². The fourth-order valence-electron chi connectivity index (χ4n) is 3.36. The van der Waals surface area contributed by atoms with Gasteiger partial charge in [-0.3, -0.25) is 9.78 Å². The Morgan fingerprint density at radius 2 is 2.03 bits per heavy atom. The molecule has 1 saturated heterocycles. The van der Waals surface area contributed by atoms with Crippen molar-refractivity contribution >= 4 is 47.2 Å². The topological polar surface area (TPSA) is 81.6 Å². The van der Waals surface area contributed by atoms with Gasteiger partial charge < -0.3 is 20.9 Å². The first-order chi connectivity index (χ1) is 14.2. The molecule has 1 aromatic heterocycles. The Bertz CT molecular complexity index is 823. The van der Waals surface area contributed by atoms with Crippen LogP contribution in [0.1, 0.15) is 38.3 Å². The quantitative estimate of drug-likeness (QED) is 0.295. The summed E-state index contributed by atoms with van der Waals surface area (Å²) in [5.41, 5.74) is 3.13. The number of guanidine groups is 1. The van der Waals surface area contributed by atoms with Crippen LogP contribution < -0.4 is 20.9 Å². The van der Waals surface area contributed by atoms with Crippen LogP contribution in [0.15, 0.2) is 53.8 Å². The molecule has 2 heterocycles. The Morgan fingerprint density at radius 3 is 2.73 bits per heavy atom. The van der Waals surface area contributed by atoms with Crippen molar-refractivity contribution in [1.29, 1.82) is 0 Å². The number of anilines is 2. The summed E-state index contributed by atoms with van der Waals surface area (Å²) < 4.78 is 0. The number of hydrogen-bond acceptors (Lipinski definition) is 4. The monoisotopic (exact) mass is 522 g/mol. The van der Waals surface area contributed by atoms with Crippen LogP contribution in [-0.2, 0) is 4.79 Å². The van der Waals surface area contributed by atoms with Crippen molar-refractivity contribution < 1.29 is 4.79 Å². The normalized spacial score (nSPS) is 14.6. The molecule has 3 N–H and O–H groups in total. The van der Waals surface area contributed by atoms with Gasteiger partial charge in [0.15, 0.2) is 5.96 Å².